The van der Waals surface area contributed by atoms with Gasteiger partial charge in [0, 0.05) is 42.4 Å². The topological polar surface area (TPSA) is 86.5 Å². The number of nitrogens with one attached hydrogen (secondary N) is 1. The van der Waals surface area contributed by atoms with E-state index in [1.54, 1.807) is 18.3 Å². The van der Waals surface area contributed by atoms with Crippen LogP contribution >= 0.6 is 0 Å². The number of aromatic nitrogens is 1. The van der Waals surface area contributed by atoms with Gasteiger partial charge in [-0.25, -0.2) is 4.98 Å². The summed E-state index contributed by atoms with van der Waals surface area (Å²) < 4.78 is 11.5. The summed E-state index contributed by atoms with van der Waals surface area (Å²) in [5.41, 5.74) is 8.24. The van der Waals surface area contributed by atoms with E-state index in [2.05, 4.69) is 10.3 Å². The summed E-state index contributed by atoms with van der Waals surface area (Å²) in [4.78, 5) is 15.3. The Morgan fingerprint density at radius 2 is 2.09 bits per heavy atom. The van der Waals surface area contributed by atoms with E-state index in [9.17, 15) is 4.79 Å². The zero-order chi connectivity index (χ0) is 15.5. The summed E-state index contributed by atoms with van der Waals surface area (Å²) in [6.45, 7) is 2.65. The van der Waals surface area contributed by atoms with Gasteiger partial charge >= 0.3 is 0 Å². The molecule has 0 radical (unpaired) electrons. The van der Waals surface area contributed by atoms with Gasteiger partial charge in [0.2, 0.25) is 5.91 Å². The van der Waals surface area contributed by atoms with Crippen molar-refractivity contribution >= 4 is 17.4 Å². The molecule has 3 rings (SSSR count). The van der Waals surface area contributed by atoms with E-state index < -0.39 is 0 Å². The molecule has 1 amide bonds. The van der Waals surface area contributed by atoms with Crippen LogP contribution < -0.4 is 20.5 Å². The van der Waals surface area contributed by atoms with Gasteiger partial charge < -0.3 is 20.5 Å². The number of hydrogen-bond donors (Lipinski definition) is 2. The van der Waals surface area contributed by atoms with Crippen LogP contribution in [-0.4, -0.2) is 24.1 Å². The van der Waals surface area contributed by atoms with Crippen molar-refractivity contribution in [2.24, 2.45) is 0 Å². The van der Waals surface area contributed by atoms with Crippen LogP contribution in [-0.2, 0) is 4.79 Å². The molecule has 0 atom stereocenters. The number of carbonyl (C=O) groups is 1. The Balaban J connectivity index is 2.00. The molecule has 1 aromatic heterocycles. The Labute approximate surface area is 128 Å². The second kappa shape index (κ2) is 5.93. The summed E-state index contributed by atoms with van der Waals surface area (Å²) in [6, 6.07) is 7.21. The fourth-order valence-electron chi connectivity index (χ4n) is 2.32. The average molecular weight is 299 g/mol. The van der Waals surface area contributed by atoms with Crippen molar-refractivity contribution in [1.29, 1.82) is 0 Å². The Bertz CT molecular complexity index is 699. The van der Waals surface area contributed by atoms with Crippen molar-refractivity contribution in [3.63, 3.8) is 0 Å². The van der Waals surface area contributed by atoms with E-state index in [1.165, 1.54) is 6.92 Å². The van der Waals surface area contributed by atoms with Crippen LogP contribution in [0.1, 0.15) is 13.3 Å². The predicted molar refractivity (Wildman–Crippen MR) is 84.0 cm³/mol. The van der Waals surface area contributed by atoms with Crippen molar-refractivity contribution in [2.45, 2.75) is 13.3 Å². The molecule has 6 heteroatoms. The largest absolute Gasteiger partial charge is 0.489 e. The standard InChI is InChI=1S/C16H17N3O3/c1-10(20)19-15-4-3-11(9-18-15)13-7-12(17)8-14-16(13)22-6-2-5-21-14/h3-4,7-9H,2,5-6,17H2,1H3,(H,18,19,20). The lowest BCUT2D eigenvalue weighted by molar-refractivity contribution is -0.114. The normalized spacial score (nSPS) is 13.3. The maximum absolute atomic E-state index is 11.0. The molecular weight excluding hydrogens is 282 g/mol. The van der Waals surface area contributed by atoms with Gasteiger partial charge in [0.1, 0.15) is 5.82 Å². The molecule has 0 fully saturated rings. The van der Waals surface area contributed by atoms with E-state index in [-0.39, 0.29) is 5.91 Å². The fourth-order valence-corrected chi connectivity index (χ4v) is 2.32. The van der Waals surface area contributed by atoms with Gasteiger partial charge in [-0.05, 0) is 18.2 Å². The number of carbonyl (C=O) groups excluding carboxylic acids is 1. The molecule has 0 aliphatic carbocycles. The average Bonchev–Trinajstić information content (AvgIpc) is 2.72. The van der Waals surface area contributed by atoms with Crippen molar-refractivity contribution in [1.82, 2.24) is 4.98 Å². The number of nitrogen functional groups attached to an aromatic ring is 1. The highest BCUT2D eigenvalue weighted by Gasteiger charge is 2.17. The van der Waals surface area contributed by atoms with E-state index in [1.807, 2.05) is 12.1 Å². The Morgan fingerprint density at radius 3 is 2.82 bits per heavy atom. The molecule has 0 unspecified atom stereocenters. The van der Waals surface area contributed by atoms with Gasteiger partial charge in [0.25, 0.3) is 0 Å². The molecule has 1 aliphatic rings. The Kier molecular flexibility index (Phi) is 3.82. The summed E-state index contributed by atoms with van der Waals surface area (Å²) in [7, 11) is 0. The number of pyridine rings is 1. The van der Waals surface area contributed by atoms with E-state index >= 15 is 0 Å². The van der Waals surface area contributed by atoms with Crippen molar-refractivity contribution in [3.8, 4) is 22.6 Å². The number of amides is 1. The lowest BCUT2D eigenvalue weighted by Crippen LogP contribution is -2.07. The molecule has 22 heavy (non-hydrogen) atoms. The zero-order valence-electron chi connectivity index (χ0n) is 12.3. The van der Waals surface area contributed by atoms with Crippen molar-refractivity contribution in [3.05, 3.63) is 30.5 Å². The van der Waals surface area contributed by atoms with Crippen molar-refractivity contribution < 1.29 is 14.3 Å². The number of benzene rings is 1. The van der Waals surface area contributed by atoms with Gasteiger partial charge in [0.15, 0.2) is 11.5 Å². The third-order valence-corrected chi connectivity index (χ3v) is 3.25. The minimum atomic E-state index is -0.158. The van der Waals surface area contributed by atoms with Crippen LogP contribution in [0, 0.1) is 0 Å². The molecule has 0 spiro atoms. The maximum Gasteiger partial charge on any atom is 0.222 e. The summed E-state index contributed by atoms with van der Waals surface area (Å²) in [5.74, 6) is 1.68. The smallest absolute Gasteiger partial charge is 0.222 e. The van der Waals surface area contributed by atoms with E-state index in [4.69, 9.17) is 15.2 Å². The highest BCUT2D eigenvalue weighted by Crippen LogP contribution is 2.41. The first-order chi connectivity index (χ1) is 10.6. The number of nitrogens with two attached hydrogens (primary N) is 1. The molecule has 1 aliphatic heterocycles. The molecule has 6 nitrogen and oxygen atoms in total. The highest BCUT2D eigenvalue weighted by molar-refractivity contribution is 5.88. The summed E-state index contributed by atoms with van der Waals surface area (Å²) in [6.07, 6.45) is 2.50. The number of ether oxygens (including phenoxy) is 2. The van der Waals surface area contributed by atoms with Gasteiger partial charge in [-0.2, -0.15) is 0 Å². The predicted octanol–water partition coefficient (Wildman–Crippen LogP) is 2.45. The van der Waals surface area contributed by atoms with Gasteiger partial charge in [-0.3, -0.25) is 4.79 Å². The number of nitrogens with zero attached hydrogens (tertiary/aromatic N) is 1. The first-order valence-electron chi connectivity index (χ1n) is 7.06. The molecule has 2 heterocycles. The molecule has 1 aromatic carbocycles. The van der Waals surface area contributed by atoms with E-state index in [0.29, 0.717) is 36.2 Å². The third kappa shape index (κ3) is 2.95. The number of anilines is 2. The number of rotatable bonds is 2. The second-order valence-corrected chi connectivity index (χ2v) is 5.06. The van der Waals surface area contributed by atoms with Crippen LogP contribution in [0.2, 0.25) is 0 Å². The SMILES string of the molecule is CC(=O)Nc1ccc(-c2cc(N)cc3c2OCCCO3)cn1. The number of fused-ring (bicyclic) bond motifs is 1. The van der Waals surface area contributed by atoms with Crippen LogP contribution in [0.25, 0.3) is 11.1 Å². The minimum absolute atomic E-state index is 0.158. The monoisotopic (exact) mass is 299 g/mol. The lowest BCUT2D eigenvalue weighted by Gasteiger charge is -2.14. The number of hydrogen-bond acceptors (Lipinski definition) is 5. The van der Waals surface area contributed by atoms with Gasteiger partial charge in [-0.15, -0.1) is 0 Å². The molecule has 0 saturated carbocycles. The highest BCUT2D eigenvalue weighted by atomic mass is 16.5. The Hall–Kier alpha value is -2.76. The second-order valence-electron chi connectivity index (χ2n) is 5.06. The van der Waals surface area contributed by atoms with Crippen LogP contribution in [0.4, 0.5) is 11.5 Å². The maximum atomic E-state index is 11.0. The molecule has 0 bridgehead atoms. The molecule has 114 valence electrons. The molecule has 0 saturated heterocycles. The third-order valence-electron chi connectivity index (χ3n) is 3.25. The minimum Gasteiger partial charge on any atom is -0.489 e. The molecule has 3 N–H and O–H groups in total. The van der Waals surface area contributed by atoms with E-state index in [0.717, 1.165) is 17.5 Å². The fraction of sp³-hybridized carbons (Fsp3) is 0.250. The quantitative estimate of drug-likeness (QED) is 0.832. The summed E-state index contributed by atoms with van der Waals surface area (Å²) >= 11 is 0. The molecule has 2 aromatic rings. The summed E-state index contributed by atoms with van der Waals surface area (Å²) in [5, 5.41) is 2.64. The van der Waals surface area contributed by atoms with Gasteiger partial charge in [0.05, 0.1) is 13.2 Å². The van der Waals surface area contributed by atoms with Crippen molar-refractivity contribution in [2.75, 3.05) is 24.3 Å². The van der Waals surface area contributed by atoms with Crippen LogP contribution in [0.3, 0.4) is 0 Å². The first kappa shape index (κ1) is 14.2. The van der Waals surface area contributed by atoms with Crippen LogP contribution in [0.5, 0.6) is 11.5 Å². The zero-order valence-corrected chi connectivity index (χ0v) is 12.3. The first-order valence-corrected chi connectivity index (χ1v) is 7.06. The Morgan fingerprint density at radius 1 is 1.27 bits per heavy atom. The van der Waals surface area contributed by atoms with Gasteiger partial charge in [-0.1, -0.05) is 0 Å². The lowest BCUT2D eigenvalue weighted by atomic mass is 10.0. The van der Waals surface area contributed by atoms with Crippen LogP contribution in [0.15, 0.2) is 30.5 Å². The molecular formula is C16H17N3O3.